The Hall–Kier alpha value is -2.18. The second kappa shape index (κ2) is 6.61. The highest BCUT2D eigenvalue weighted by Gasteiger charge is 2.41. The molecule has 6 heteroatoms. The van der Waals surface area contributed by atoms with Crippen LogP contribution in [-0.4, -0.2) is 10.8 Å². The summed E-state index contributed by atoms with van der Waals surface area (Å²) in [5.41, 5.74) is 0. The number of halogens is 2. The smallest absolute Gasteiger partial charge is 0.387 e. The first kappa shape index (κ1) is 16.3. The molecule has 25 heavy (non-hydrogen) atoms. The van der Waals surface area contributed by atoms with Crippen molar-refractivity contribution in [2.75, 3.05) is 0 Å². The lowest BCUT2D eigenvalue weighted by Gasteiger charge is -2.19. The first-order valence-corrected chi connectivity index (χ1v) is 9.91. The summed E-state index contributed by atoms with van der Waals surface area (Å²) < 4.78 is 42.6. The number of hydrogen-bond acceptors (Lipinski definition) is 2. The summed E-state index contributed by atoms with van der Waals surface area (Å²) in [7, 11) is -1.86. The van der Waals surface area contributed by atoms with Crippen molar-refractivity contribution in [2.24, 2.45) is 0 Å². The van der Waals surface area contributed by atoms with Gasteiger partial charge in [-0.15, -0.1) is 0 Å². The normalized spacial score (nSPS) is 18.5. The van der Waals surface area contributed by atoms with Crippen molar-refractivity contribution >= 4 is 21.7 Å². The van der Waals surface area contributed by atoms with Gasteiger partial charge in [0.05, 0.1) is 15.7 Å². The molecule has 0 spiro atoms. The molecule has 126 valence electrons. The van der Waals surface area contributed by atoms with Crippen molar-refractivity contribution in [1.82, 2.24) is 0 Å². The number of alkyl halides is 2. The summed E-state index contributed by atoms with van der Waals surface area (Å²) in [6, 6.07) is 22.2. The molecule has 2 nitrogen and oxygen atoms in total. The van der Waals surface area contributed by atoms with Crippen LogP contribution in [0.2, 0.25) is 0 Å². The number of fused-ring (bicyclic) bond motifs is 2. The van der Waals surface area contributed by atoms with Crippen molar-refractivity contribution in [1.29, 1.82) is 0 Å². The van der Waals surface area contributed by atoms with Crippen LogP contribution >= 0.6 is 0 Å². The molecule has 1 heterocycles. The molecule has 3 aromatic rings. The number of benzene rings is 3. The minimum atomic E-state index is -2.91. The third-order valence-electron chi connectivity index (χ3n) is 3.81. The summed E-state index contributed by atoms with van der Waals surface area (Å²) in [4.78, 5) is 4.22. The highest BCUT2D eigenvalue weighted by molar-refractivity contribution is 7.99. The molecule has 0 fully saturated rings. The van der Waals surface area contributed by atoms with E-state index in [-0.39, 0.29) is 5.75 Å². The minimum absolute atomic E-state index is 0.0260. The van der Waals surface area contributed by atoms with E-state index in [1.165, 1.54) is 12.1 Å². The van der Waals surface area contributed by atoms with Crippen LogP contribution in [-0.2, 0) is 21.7 Å². The standard InChI is InChI=1S/C19H13F2O2S2/c20-19(21)23-13-10-11-16-18(12-13)25(22)17-9-5-4-8-15(17)24(16)14-6-2-1-3-7-14/h1-12,19H/q+1. The molecule has 4 rings (SSSR count). The fourth-order valence-electron chi connectivity index (χ4n) is 2.80. The van der Waals surface area contributed by atoms with Crippen LogP contribution in [0.3, 0.4) is 0 Å². The number of rotatable bonds is 3. The zero-order chi connectivity index (χ0) is 17.4. The maximum absolute atomic E-state index is 13.0. The topological polar surface area (TPSA) is 26.3 Å². The second-order valence-electron chi connectivity index (χ2n) is 5.32. The van der Waals surface area contributed by atoms with Gasteiger partial charge < -0.3 is 4.74 Å². The van der Waals surface area contributed by atoms with E-state index in [4.69, 9.17) is 0 Å². The molecule has 0 aliphatic carbocycles. The lowest BCUT2D eigenvalue weighted by Crippen LogP contribution is -2.17. The third-order valence-corrected chi connectivity index (χ3v) is 7.89. The molecule has 3 aromatic carbocycles. The molecule has 0 radical (unpaired) electrons. The molecule has 0 aromatic heterocycles. The van der Waals surface area contributed by atoms with Gasteiger partial charge in [0.25, 0.3) is 0 Å². The summed E-state index contributed by atoms with van der Waals surface area (Å²) >= 11 is 0. The van der Waals surface area contributed by atoms with E-state index in [1.54, 1.807) is 6.07 Å². The van der Waals surface area contributed by atoms with Gasteiger partial charge in [0.1, 0.15) is 21.5 Å². The lowest BCUT2D eigenvalue weighted by molar-refractivity contribution is -0.0500. The first-order valence-electron chi connectivity index (χ1n) is 7.54. The molecule has 1 aliphatic rings. The Kier molecular flexibility index (Phi) is 4.31. The van der Waals surface area contributed by atoms with Crippen LogP contribution < -0.4 is 4.74 Å². The van der Waals surface area contributed by atoms with Crippen LogP contribution in [0.1, 0.15) is 0 Å². The Morgan fingerprint density at radius 3 is 2.28 bits per heavy atom. The quantitative estimate of drug-likeness (QED) is 0.478. The molecule has 1 aliphatic heterocycles. The van der Waals surface area contributed by atoms with Gasteiger partial charge in [0.15, 0.2) is 14.7 Å². The van der Waals surface area contributed by atoms with Crippen LogP contribution in [0.25, 0.3) is 0 Å². The molecule has 2 unspecified atom stereocenters. The van der Waals surface area contributed by atoms with Gasteiger partial charge in [-0.1, -0.05) is 30.3 Å². The molecule has 2 atom stereocenters. The number of hydrogen-bond donors (Lipinski definition) is 0. The minimum Gasteiger partial charge on any atom is -0.435 e. The summed E-state index contributed by atoms with van der Waals surface area (Å²) in [6.07, 6.45) is 0. The maximum Gasteiger partial charge on any atom is 0.387 e. The Morgan fingerprint density at radius 1 is 0.840 bits per heavy atom. The summed E-state index contributed by atoms with van der Waals surface area (Å²) in [5.74, 6) is 0.0260. The molecule has 0 saturated carbocycles. The Morgan fingerprint density at radius 2 is 1.52 bits per heavy atom. The number of ether oxygens (including phenoxy) is 1. The van der Waals surface area contributed by atoms with Gasteiger partial charge in [-0.2, -0.15) is 8.78 Å². The van der Waals surface area contributed by atoms with Crippen molar-refractivity contribution < 1.29 is 17.7 Å². The van der Waals surface area contributed by atoms with Gasteiger partial charge in [-0.3, -0.25) is 0 Å². The van der Waals surface area contributed by atoms with E-state index in [9.17, 15) is 13.0 Å². The highest BCUT2D eigenvalue weighted by atomic mass is 32.2. The van der Waals surface area contributed by atoms with Crippen molar-refractivity contribution in [2.45, 2.75) is 31.1 Å². The molecule has 0 saturated heterocycles. The molecular weight excluding hydrogens is 362 g/mol. The summed E-state index contributed by atoms with van der Waals surface area (Å²) in [6.45, 7) is -2.91. The van der Waals surface area contributed by atoms with E-state index in [0.29, 0.717) is 4.90 Å². The van der Waals surface area contributed by atoms with Crippen molar-refractivity contribution in [3.8, 4) is 5.75 Å². The lowest BCUT2D eigenvalue weighted by atomic mass is 10.3. The van der Waals surface area contributed by atoms with Crippen LogP contribution in [0.15, 0.2) is 97.3 Å². The molecule has 0 amide bonds. The Labute approximate surface area is 149 Å². The van der Waals surface area contributed by atoms with Gasteiger partial charge in [0, 0.05) is 6.07 Å². The van der Waals surface area contributed by atoms with Crippen LogP contribution in [0.4, 0.5) is 8.78 Å². The SMILES string of the molecule is O=S1c2ccccc2[S+](c2ccccc2)c2ccc(OC(F)F)cc21. The predicted octanol–water partition coefficient (Wildman–Crippen LogP) is 4.86. The van der Waals surface area contributed by atoms with Crippen LogP contribution in [0.5, 0.6) is 5.75 Å². The van der Waals surface area contributed by atoms with E-state index < -0.39 is 28.3 Å². The predicted molar refractivity (Wildman–Crippen MR) is 92.8 cm³/mol. The van der Waals surface area contributed by atoms with Gasteiger partial charge in [-0.25, -0.2) is 4.21 Å². The monoisotopic (exact) mass is 375 g/mol. The highest BCUT2D eigenvalue weighted by Crippen LogP contribution is 2.44. The van der Waals surface area contributed by atoms with Crippen molar-refractivity contribution in [3.05, 3.63) is 72.8 Å². The van der Waals surface area contributed by atoms with Crippen LogP contribution in [0, 0.1) is 0 Å². The first-order chi connectivity index (χ1) is 12.1. The fourth-order valence-corrected chi connectivity index (χ4v) is 7.04. The van der Waals surface area contributed by atoms with E-state index >= 15 is 0 Å². The molecular formula is C19H13F2O2S2+. The third kappa shape index (κ3) is 2.96. The van der Waals surface area contributed by atoms with E-state index in [0.717, 1.165) is 19.6 Å². The zero-order valence-electron chi connectivity index (χ0n) is 12.9. The fraction of sp³-hybridized carbons (Fsp3) is 0.0526. The van der Waals surface area contributed by atoms with E-state index in [1.807, 2.05) is 54.6 Å². The Balaban J connectivity index is 1.92. The van der Waals surface area contributed by atoms with Gasteiger partial charge in [0.2, 0.25) is 0 Å². The Bertz CT molecular complexity index is 945. The summed E-state index contributed by atoms with van der Waals surface area (Å²) in [5, 5.41) is 0. The second-order valence-corrected chi connectivity index (χ2v) is 8.70. The average molecular weight is 375 g/mol. The average Bonchev–Trinajstić information content (AvgIpc) is 2.63. The van der Waals surface area contributed by atoms with Gasteiger partial charge in [-0.05, 0) is 36.4 Å². The zero-order valence-corrected chi connectivity index (χ0v) is 14.5. The van der Waals surface area contributed by atoms with Gasteiger partial charge >= 0.3 is 6.61 Å². The van der Waals surface area contributed by atoms with Crippen molar-refractivity contribution in [3.63, 3.8) is 0 Å². The largest absolute Gasteiger partial charge is 0.435 e. The van der Waals surface area contributed by atoms with E-state index in [2.05, 4.69) is 4.74 Å². The molecule has 0 N–H and O–H groups in total. The molecule has 0 bridgehead atoms. The maximum atomic E-state index is 13.0.